The topological polar surface area (TPSA) is 84.2 Å². The number of rotatable bonds is 5. The lowest BCUT2D eigenvalue weighted by atomic mass is 10.2. The van der Waals surface area contributed by atoms with Crippen LogP contribution in [0.15, 0.2) is 18.2 Å². The predicted molar refractivity (Wildman–Crippen MR) is 83.6 cm³/mol. The number of anilines is 1. The van der Waals surface area contributed by atoms with Gasteiger partial charge in [0.2, 0.25) is 11.8 Å². The number of benzene rings is 1. The van der Waals surface area contributed by atoms with Gasteiger partial charge in [0.15, 0.2) is 0 Å². The summed E-state index contributed by atoms with van der Waals surface area (Å²) in [5.41, 5.74) is 5.75. The van der Waals surface area contributed by atoms with Gasteiger partial charge in [0.1, 0.15) is 0 Å². The molecule has 1 aromatic rings. The third-order valence-electron chi connectivity index (χ3n) is 2.43. The summed E-state index contributed by atoms with van der Waals surface area (Å²) in [4.78, 5) is 23.1. The van der Waals surface area contributed by atoms with Crippen molar-refractivity contribution in [3.63, 3.8) is 0 Å². The molecular weight excluding hydrogens is 325 g/mol. The van der Waals surface area contributed by atoms with Crippen LogP contribution in [0.5, 0.6) is 0 Å². The first kappa shape index (κ1) is 19.0. The summed E-state index contributed by atoms with van der Waals surface area (Å²) < 4.78 is 0. The fourth-order valence-electron chi connectivity index (χ4n) is 1.24. The minimum atomic E-state index is -0.387. The van der Waals surface area contributed by atoms with Gasteiger partial charge in [-0.2, -0.15) is 0 Å². The first-order valence-corrected chi connectivity index (χ1v) is 6.42. The highest BCUT2D eigenvalue weighted by Crippen LogP contribution is 2.25. The maximum absolute atomic E-state index is 11.6. The third-order valence-corrected chi connectivity index (χ3v) is 2.99. The lowest BCUT2D eigenvalue weighted by Crippen LogP contribution is -2.38. The number of carbonyl (C=O) groups is 2. The minimum Gasteiger partial charge on any atom is -0.347 e. The first-order chi connectivity index (χ1) is 8.93. The van der Waals surface area contributed by atoms with Crippen molar-refractivity contribution >= 4 is 53.1 Å². The maximum atomic E-state index is 11.6. The van der Waals surface area contributed by atoms with Crippen molar-refractivity contribution in [2.75, 3.05) is 18.4 Å². The molecule has 0 fully saturated rings. The fourth-order valence-corrected chi connectivity index (χ4v) is 1.57. The van der Waals surface area contributed by atoms with Gasteiger partial charge in [-0.1, -0.05) is 30.1 Å². The molecule has 1 rings (SSSR count). The lowest BCUT2D eigenvalue weighted by Gasteiger charge is -2.11. The summed E-state index contributed by atoms with van der Waals surface area (Å²) in [5, 5.41) is 5.88. The number of halogens is 3. The van der Waals surface area contributed by atoms with Crippen LogP contribution in [0, 0.1) is 5.92 Å². The zero-order valence-electron chi connectivity index (χ0n) is 10.8. The molecule has 0 aliphatic heterocycles. The molecule has 0 aliphatic carbocycles. The average molecular weight is 341 g/mol. The van der Waals surface area contributed by atoms with Crippen molar-refractivity contribution in [3.05, 3.63) is 28.2 Å². The molecule has 1 aromatic carbocycles. The van der Waals surface area contributed by atoms with Crippen LogP contribution in [0.25, 0.3) is 0 Å². The maximum Gasteiger partial charge on any atom is 0.243 e. The molecule has 0 aromatic heterocycles. The van der Waals surface area contributed by atoms with Gasteiger partial charge < -0.3 is 16.4 Å². The van der Waals surface area contributed by atoms with Crippen LogP contribution in [-0.4, -0.2) is 24.9 Å². The van der Waals surface area contributed by atoms with Gasteiger partial charge >= 0.3 is 0 Å². The number of hydrogen-bond donors (Lipinski definition) is 3. The molecule has 0 bridgehead atoms. The van der Waals surface area contributed by atoms with Gasteiger partial charge in [-0.3, -0.25) is 9.59 Å². The summed E-state index contributed by atoms with van der Waals surface area (Å²) in [6.07, 6.45) is 0. The highest BCUT2D eigenvalue weighted by Gasteiger charge is 2.12. The molecule has 2 amide bonds. The molecule has 20 heavy (non-hydrogen) atoms. The van der Waals surface area contributed by atoms with Crippen molar-refractivity contribution in [1.82, 2.24) is 5.32 Å². The Balaban J connectivity index is 0.00000361. The molecule has 1 unspecified atom stereocenters. The normalized spacial score (nSPS) is 11.2. The van der Waals surface area contributed by atoms with E-state index in [9.17, 15) is 9.59 Å². The van der Waals surface area contributed by atoms with Crippen LogP contribution in [0.2, 0.25) is 10.0 Å². The van der Waals surface area contributed by atoms with E-state index >= 15 is 0 Å². The molecule has 5 nitrogen and oxygen atoms in total. The number of amides is 2. The number of nitrogens with one attached hydrogen (secondary N) is 2. The third kappa shape index (κ3) is 5.96. The Kier molecular flexibility index (Phi) is 8.57. The zero-order chi connectivity index (χ0) is 14.4. The molecule has 0 radical (unpaired) electrons. The van der Waals surface area contributed by atoms with E-state index in [4.69, 9.17) is 28.9 Å². The molecule has 0 aliphatic rings. The molecule has 0 heterocycles. The Morgan fingerprint density at radius 3 is 2.60 bits per heavy atom. The van der Waals surface area contributed by atoms with Gasteiger partial charge in [-0.15, -0.1) is 12.4 Å². The number of hydrogen-bond acceptors (Lipinski definition) is 3. The molecule has 4 N–H and O–H groups in total. The second-order valence-corrected chi connectivity index (χ2v) is 4.87. The van der Waals surface area contributed by atoms with Gasteiger partial charge in [-0.25, -0.2) is 0 Å². The van der Waals surface area contributed by atoms with Gasteiger partial charge in [-0.05, 0) is 18.2 Å². The van der Waals surface area contributed by atoms with Crippen molar-refractivity contribution in [3.8, 4) is 0 Å². The Morgan fingerprint density at radius 1 is 1.35 bits per heavy atom. The van der Waals surface area contributed by atoms with E-state index in [1.807, 2.05) is 0 Å². The Labute approximate surface area is 133 Å². The largest absolute Gasteiger partial charge is 0.347 e. The summed E-state index contributed by atoms with van der Waals surface area (Å²) in [7, 11) is 0. The van der Waals surface area contributed by atoms with Crippen LogP contribution in [0.3, 0.4) is 0 Å². The first-order valence-electron chi connectivity index (χ1n) is 5.66. The summed E-state index contributed by atoms with van der Waals surface area (Å²) in [6, 6.07) is 4.73. The average Bonchev–Trinajstić information content (AvgIpc) is 2.39. The quantitative estimate of drug-likeness (QED) is 0.767. The fraction of sp³-hybridized carbons (Fsp3) is 0.333. The van der Waals surface area contributed by atoms with Crippen LogP contribution in [0.4, 0.5) is 5.69 Å². The molecule has 0 saturated carbocycles. The minimum absolute atomic E-state index is 0. The van der Waals surface area contributed by atoms with Crippen molar-refractivity contribution in [2.24, 2.45) is 11.7 Å². The molecule has 0 spiro atoms. The predicted octanol–water partition coefficient (Wildman–Crippen LogP) is 2.06. The van der Waals surface area contributed by atoms with Gasteiger partial charge in [0.05, 0.1) is 17.3 Å². The summed E-state index contributed by atoms with van der Waals surface area (Å²) >= 11 is 11.7. The SMILES string of the molecule is CC(CN)C(=O)NCC(=O)Nc1cc(Cl)ccc1Cl.Cl. The van der Waals surface area contributed by atoms with Crippen molar-refractivity contribution in [1.29, 1.82) is 0 Å². The van der Waals surface area contributed by atoms with E-state index in [2.05, 4.69) is 10.6 Å². The highest BCUT2D eigenvalue weighted by molar-refractivity contribution is 6.35. The zero-order valence-corrected chi connectivity index (χ0v) is 13.1. The molecular formula is C12H16Cl3N3O2. The molecule has 112 valence electrons. The molecule has 8 heteroatoms. The van der Waals surface area contributed by atoms with Gasteiger partial charge in [0.25, 0.3) is 0 Å². The lowest BCUT2D eigenvalue weighted by molar-refractivity contribution is -0.126. The Hall–Kier alpha value is -1.01. The smallest absolute Gasteiger partial charge is 0.243 e. The van der Waals surface area contributed by atoms with Crippen LogP contribution in [-0.2, 0) is 9.59 Å². The highest BCUT2D eigenvalue weighted by atomic mass is 35.5. The molecule has 1 atom stereocenters. The number of carbonyl (C=O) groups excluding carboxylic acids is 2. The Morgan fingerprint density at radius 2 is 2.00 bits per heavy atom. The van der Waals surface area contributed by atoms with Crippen molar-refractivity contribution in [2.45, 2.75) is 6.92 Å². The van der Waals surface area contributed by atoms with Crippen LogP contribution in [0.1, 0.15) is 6.92 Å². The van der Waals surface area contributed by atoms with E-state index in [0.717, 1.165) is 0 Å². The Bertz CT molecular complexity index is 483. The number of nitrogens with two attached hydrogens (primary N) is 1. The monoisotopic (exact) mass is 339 g/mol. The van der Waals surface area contributed by atoms with E-state index in [1.54, 1.807) is 19.1 Å². The van der Waals surface area contributed by atoms with E-state index in [1.165, 1.54) is 6.07 Å². The van der Waals surface area contributed by atoms with E-state index in [-0.39, 0.29) is 43.2 Å². The standard InChI is InChI=1S/C12H15Cl2N3O2.ClH/c1-7(5-15)12(19)16-6-11(18)17-10-4-8(13)2-3-9(10)14;/h2-4,7H,5-6,15H2,1H3,(H,16,19)(H,17,18);1H. The van der Waals surface area contributed by atoms with Crippen LogP contribution < -0.4 is 16.4 Å². The van der Waals surface area contributed by atoms with Crippen LogP contribution >= 0.6 is 35.6 Å². The summed E-state index contributed by atoms with van der Waals surface area (Å²) in [5.74, 6) is -0.987. The van der Waals surface area contributed by atoms with Gasteiger partial charge in [0, 0.05) is 17.5 Å². The van der Waals surface area contributed by atoms with E-state index in [0.29, 0.717) is 15.7 Å². The molecule has 0 saturated heterocycles. The second kappa shape index (κ2) is 9.02. The van der Waals surface area contributed by atoms with E-state index < -0.39 is 0 Å². The second-order valence-electron chi connectivity index (χ2n) is 4.03. The van der Waals surface area contributed by atoms with Crippen molar-refractivity contribution < 1.29 is 9.59 Å². The summed E-state index contributed by atoms with van der Waals surface area (Å²) in [6.45, 7) is 1.76.